The Bertz CT molecular complexity index is 418. The number of hydrogen-bond donors (Lipinski definition) is 0. The molecule has 0 saturated heterocycles. The Morgan fingerprint density at radius 3 is 2.93 bits per heavy atom. The molecule has 0 spiro atoms. The summed E-state index contributed by atoms with van der Waals surface area (Å²) in [5, 5.41) is 4.29. The van der Waals surface area contributed by atoms with Crippen molar-refractivity contribution in [2.24, 2.45) is 7.05 Å². The van der Waals surface area contributed by atoms with Gasteiger partial charge < -0.3 is 4.57 Å². The molecule has 0 fully saturated rings. The Hall–Kier alpha value is -1.29. The van der Waals surface area contributed by atoms with Crippen molar-refractivity contribution < 1.29 is 0 Å². The van der Waals surface area contributed by atoms with E-state index < -0.39 is 0 Å². The molecule has 0 unspecified atom stereocenters. The predicted octanol–water partition coefficient (Wildman–Crippen LogP) is 1.40. The summed E-state index contributed by atoms with van der Waals surface area (Å²) in [6.07, 6.45) is 5.58. The summed E-state index contributed by atoms with van der Waals surface area (Å²) in [7, 11) is 1.90. The van der Waals surface area contributed by atoms with Gasteiger partial charge in [0, 0.05) is 25.6 Å². The summed E-state index contributed by atoms with van der Waals surface area (Å²) >= 11 is 5.74. The van der Waals surface area contributed by atoms with E-state index in [-0.39, 0.29) is 0 Å². The molecule has 2 heterocycles. The molecule has 0 amide bonds. The van der Waals surface area contributed by atoms with Gasteiger partial charge in [-0.2, -0.15) is 5.10 Å². The largest absolute Gasteiger partial charge is 0.328 e. The number of aromatic nitrogens is 4. The van der Waals surface area contributed by atoms with Crippen molar-refractivity contribution >= 4 is 11.6 Å². The Kier molecular flexibility index (Phi) is 2.54. The number of halogens is 1. The number of rotatable bonds is 3. The average molecular weight is 211 g/mol. The minimum atomic E-state index is 0.430. The lowest BCUT2D eigenvalue weighted by atomic mass is 10.4. The molecule has 0 radical (unpaired) electrons. The topological polar surface area (TPSA) is 35.6 Å². The van der Waals surface area contributed by atoms with E-state index >= 15 is 0 Å². The van der Waals surface area contributed by atoms with E-state index in [1.54, 1.807) is 10.9 Å². The molecular formula is C9H11ClN4. The fourth-order valence-corrected chi connectivity index (χ4v) is 1.56. The molecule has 14 heavy (non-hydrogen) atoms. The Labute approximate surface area is 87.1 Å². The lowest BCUT2D eigenvalue weighted by Crippen LogP contribution is -2.03. The molecule has 0 N–H and O–H groups in total. The van der Waals surface area contributed by atoms with Crippen LogP contribution in [0.4, 0.5) is 0 Å². The lowest BCUT2D eigenvalue weighted by molar-refractivity contribution is 0.691. The molecule has 0 bridgehead atoms. The zero-order valence-corrected chi connectivity index (χ0v) is 8.65. The predicted molar refractivity (Wildman–Crippen MR) is 54.1 cm³/mol. The van der Waals surface area contributed by atoms with Crippen molar-refractivity contribution in [2.45, 2.75) is 12.4 Å². The fourth-order valence-electron chi connectivity index (χ4n) is 1.34. The van der Waals surface area contributed by atoms with Crippen LogP contribution in [0.2, 0.25) is 0 Å². The van der Waals surface area contributed by atoms with E-state index in [2.05, 4.69) is 10.1 Å². The maximum atomic E-state index is 5.74. The second-order valence-corrected chi connectivity index (χ2v) is 3.35. The van der Waals surface area contributed by atoms with Gasteiger partial charge in [0.2, 0.25) is 0 Å². The molecule has 5 heteroatoms. The van der Waals surface area contributed by atoms with Crippen LogP contribution in [-0.4, -0.2) is 19.3 Å². The van der Waals surface area contributed by atoms with Crippen LogP contribution in [0.15, 0.2) is 24.7 Å². The van der Waals surface area contributed by atoms with E-state index in [0.29, 0.717) is 5.88 Å². The van der Waals surface area contributed by atoms with Crippen LogP contribution < -0.4 is 0 Å². The maximum Gasteiger partial charge on any atom is 0.123 e. The van der Waals surface area contributed by atoms with E-state index in [4.69, 9.17) is 11.6 Å². The van der Waals surface area contributed by atoms with Crippen LogP contribution in [0.3, 0.4) is 0 Å². The standard InChI is InChI=1S/C9H11ClN4/c1-13-4-2-8(12-13)7-14-5-3-11-9(14)6-10/h2-5H,6-7H2,1H3. The van der Waals surface area contributed by atoms with Crippen LogP contribution in [0, 0.1) is 0 Å². The van der Waals surface area contributed by atoms with Gasteiger partial charge in [-0.1, -0.05) is 0 Å². The zero-order valence-electron chi connectivity index (χ0n) is 7.89. The molecule has 0 aliphatic rings. The number of aryl methyl sites for hydroxylation is 1. The molecule has 0 saturated carbocycles. The minimum absolute atomic E-state index is 0.430. The Morgan fingerprint density at radius 1 is 1.43 bits per heavy atom. The quantitative estimate of drug-likeness (QED) is 0.718. The number of imidazole rings is 1. The van der Waals surface area contributed by atoms with Crippen LogP contribution in [-0.2, 0) is 19.5 Å². The third kappa shape index (κ3) is 1.80. The number of hydrogen-bond acceptors (Lipinski definition) is 2. The van der Waals surface area contributed by atoms with Gasteiger partial charge in [0.1, 0.15) is 5.82 Å². The second kappa shape index (κ2) is 3.84. The van der Waals surface area contributed by atoms with Crippen LogP contribution in [0.1, 0.15) is 11.5 Å². The first-order chi connectivity index (χ1) is 6.79. The molecule has 0 aliphatic heterocycles. The summed E-state index contributed by atoms with van der Waals surface area (Å²) in [6, 6.07) is 1.98. The minimum Gasteiger partial charge on any atom is -0.328 e. The van der Waals surface area contributed by atoms with Crippen molar-refractivity contribution in [1.29, 1.82) is 0 Å². The second-order valence-electron chi connectivity index (χ2n) is 3.09. The normalized spacial score (nSPS) is 10.7. The highest BCUT2D eigenvalue weighted by Crippen LogP contribution is 2.05. The first kappa shape index (κ1) is 9.27. The molecule has 0 aliphatic carbocycles. The Balaban J connectivity index is 2.18. The van der Waals surface area contributed by atoms with Gasteiger partial charge >= 0.3 is 0 Å². The SMILES string of the molecule is Cn1ccc(Cn2ccnc2CCl)n1. The summed E-state index contributed by atoms with van der Waals surface area (Å²) in [6.45, 7) is 0.725. The Morgan fingerprint density at radius 2 is 2.29 bits per heavy atom. The van der Waals surface area contributed by atoms with Crippen molar-refractivity contribution in [3.63, 3.8) is 0 Å². The van der Waals surface area contributed by atoms with Crippen molar-refractivity contribution in [3.05, 3.63) is 36.2 Å². The van der Waals surface area contributed by atoms with Gasteiger partial charge in [-0.3, -0.25) is 4.68 Å². The van der Waals surface area contributed by atoms with Crippen molar-refractivity contribution in [2.75, 3.05) is 0 Å². The first-order valence-corrected chi connectivity index (χ1v) is 4.87. The molecular weight excluding hydrogens is 200 g/mol. The molecule has 0 aromatic carbocycles. The van der Waals surface area contributed by atoms with Crippen LogP contribution in [0.25, 0.3) is 0 Å². The molecule has 74 valence electrons. The van der Waals surface area contributed by atoms with Gasteiger partial charge in [-0.05, 0) is 6.07 Å². The smallest absolute Gasteiger partial charge is 0.123 e. The highest BCUT2D eigenvalue weighted by atomic mass is 35.5. The highest BCUT2D eigenvalue weighted by Gasteiger charge is 2.03. The molecule has 4 nitrogen and oxygen atoms in total. The van der Waals surface area contributed by atoms with Crippen LogP contribution >= 0.6 is 11.6 Å². The zero-order chi connectivity index (χ0) is 9.97. The van der Waals surface area contributed by atoms with Gasteiger partial charge in [-0.25, -0.2) is 4.98 Å². The summed E-state index contributed by atoms with van der Waals surface area (Å²) < 4.78 is 3.78. The highest BCUT2D eigenvalue weighted by molar-refractivity contribution is 6.16. The lowest BCUT2D eigenvalue weighted by Gasteiger charge is -2.02. The van der Waals surface area contributed by atoms with Crippen molar-refractivity contribution in [3.8, 4) is 0 Å². The summed E-state index contributed by atoms with van der Waals surface area (Å²) in [4.78, 5) is 4.13. The van der Waals surface area contributed by atoms with Crippen LogP contribution in [0.5, 0.6) is 0 Å². The first-order valence-electron chi connectivity index (χ1n) is 4.34. The summed E-state index contributed by atoms with van der Waals surface area (Å²) in [5.74, 6) is 1.30. The van der Waals surface area contributed by atoms with Gasteiger partial charge in [0.25, 0.3) is 0 Å². The average Bonchev–Trinajstić information content (AvgIpc) is 2.76. The van der Waals surface area contributed by atoms with E-state index in [1.807, 2.05) is 30.1 Å². The van der Waals surface area contributed by atoms with E-state index in [0.717, 1.165) is 18.1 Å². The van der Waals surface area contributed by atoms with Gasteiger partial charge in [-0.15, -0.1) is 11.6 Å². The monoisotopic (exact) mass is 210 g/mol. The molecule has 0 atom stereocenters. The molecule has 2 rings (SSSR count). The van der Waals surface area contributed by atoms with E-state index in [1.165, 1.54) is 0 Å². The third-order valence-corrected chi connectivity index (χ3v) is 2.26. The molecule has 2 aromatic rings. The van der Waals surface area contributed by atoms with Gasteiger partial charge in [0.05, 0.1) is 18.1 Å². The molecule has 2 aromatic heterocycles. The maximum absolute atomic E-state index is 5.74. The fraction of sp³-hybridized carbons (Fsp3) is 0.333. The van der Waals surface area contributed by atoms with Gasteiger partial charge in [0.15, 0.2) is 0 Å². The van der Waals surface area contributed by atoms with Crippen molar-refractivity contribution in [1.82, 2.24) is 19.3 Å². The number of alkyl halides is 1. The summed E-state index contributed by atoms with van der Waals surface area (Å²) in [5.41, 5.74) is 1.01. The third-order valence-electron chi connectivity index (χ3n) is 2.02. The van der Waals surface area contributed by atoms with E-state index in [9.17, 15) is 0 Å². The number of nitrogens with zero attached hydrogens (tertiary/aromatic N) is 4.